The molecule has 0 spiro atoms. The second-order valence-corrected chi connectivity index (χ2v) is 7.41. The Kier molecular flexibility index (Phi) is 5.63. The van der Waals surface area contributed by atoms with E-state index in [0.29, 0.717) is 32.7 Å². The van der Waals surface area contributed by atoms with Gasteiger partial charge in [0.2, 0.25) is 0 Å². The third kappa shape index (κ3) is 4.23. The molecule has 1 amide bonds. The molecule has 0 saturated heterocycles. The van der Waals surface area contributed by atoms with Crippen LogP contribution in [0.15, 0.2) is 66.9 Å². The normalized spacial score (nSPS) is 10.8. The summed E-state index contributed by atoms with van der Waals surface area (Å²) in [6.07, 6.45) is 1.54. The fraction of sp³-hybridized carbons (Fsp3) is 0. The van der Waals surface area contributed by atoms with Crippen LogP contribution >= 0.6 is 23.2 Å². The molecule has 3 N–H and O–H groups in total. The van der Waals surface area contributed by atoms with Crippen LogP contribution in [-0.2, 0) is 0 Å². The SMILES string of the molecule is NC(=O)c1nn(-c2c(Cl)cccc2Cl)cc1Nc1ccc(-c2cc(F)ccc2F)cc1. The predicted octanol–water partition coefficient (Wildman–Crippen LogP) is 5.97. The number of nitrogens with one attached hydrogen (secondary N) is 1. The summed E-state index contributed by atoms with van der Waals surface area (Å²) in [6.45, 7) is 0. The minimum absolute atomic E-state index is 0.0174. The second kappa shape index (κ2) is 8.37. The molecular weight excluding hydrogens is 445 g/mol. The highest BCUT2D eigenvalue weighted by atomic mass is 35.5. The van der Waals surface area contributed by atoms with E-state index < -0.39 is 17.5 Å². The van der Waals surface area contributed by atoms with E-state index in [-0.39, 0.29) is 11.3 Å². The van der Waals surface area contributed by atoms with Crippen molar-refractivity contribution in [1.82, 2.24) is 9.78 Å². The van der Waals surface area contributed by atoms with Crippen LogP contribution < -0.4 is 11.1 Å². The molecule has 156 valence electrons. The lowest BCUT2D eigenvalue weighted by Crippen LogP contribution is -2.14. The van der Waals surface area contributed by atoms with Gasteiger partial charge in [-0.25, -0.2) is 13.5 Å². The van der Waals surface area contributed by atoms with Crippen LogP contribution in [-0.4, -0.2) is 15.7 Å². The molecule has 1 aromatic heterocycles. The van der Waals surface area contributed by atoms with Crippen molar-refractivity contribution in [2.75, 3.05) is 5.32 Å². The number of rotatable bonds is 5. The number of carbonyl (C=O) groups is 1. The molecule has 0 radical (unpaired) electrons. The first kappa shape index (κ1) is 20.8. The summed E-state index contributed by atoms with van der Waals surface area (Å²) >= 11 is 12.5. The van der Waals surface area contributed by atoms with Crippen molar-refractivity contribution in [1.29, 1.82) is 0 Å². The summed E-state index contributed by atoms with van der Waals surface area (Å²) in [4.78, 5) is 11.9. The van der Waals surface area contributed by atoms with E-state index in [2.05, 4.69) is 10.4 Å². The summed E-state index contributed by atoms with van der Waals surface area (Å²) in [5.74, 6) is -1.81. The highest BCUT2D eigenvalue weighted by Crippen LogP contribution is 2.31. The number of primary amides is 1. The number of hydrogen-bond donors (Lipinski definition) is 2. The standard InChI is InChI=1S/C22H14Cl2F2N4O/c23-16-2-1-3-17(24)21(16)30-11-19(20(29-30)22(27)31)28-14-7-4-12(5-8-14)15-10-13(25)6-9-18(15)26/h1-11,28H,(H2,27,31). The Labute approximate surface area is 186 Å². The molecule has 0 aliphatic heterocycles. The first-order valence-electron chi connectivity index (χ1n) is 9.00. The topological polar surface area (TPSA) is 72.9 Å². The van der Waals surface area contributed by atoms with E-state index >= 15 is 0 Å². The highest BCUT2D eigenvalue weighted by molar-refractivity contribution is 6.37. The molecule has 31 heavy (non-hydrogen) atoms. The predicted molar refractivity (Wildman–Crippen MR) is 117 cm³/mol. The Hall–Kier alpha value is -3.42. The molecule has 9 heteroatoms. The summed E-state index contributed by atoms with van der Waals surface area (Å²) in [5.41, 5.74) is 7.40. The third-order valence-corrected chi connectivity index (χ3v) is 5.13. The summed E-state index contributed by atoms with van der Waals surface area (Å²) in [5, 5.41) is 7.95. The van der Waals surface area contributed by atoms with Gasteiger partial charge in [0.15, 0.2) is 5.69 Å². The lowest BCUT2D eigenvalue weighted by atomic mass is 10.0. The van der Waals surface area contributed by atoms with Crippen LogP contribution in [0, 0.1) is 11.6 Å². The van der Waals surface area contributed by atoms with Gasteiger partial charge in [-0.3, -0.25) is 4.79 Å². The fourth-order valence-electron chi connectivity index (χ4n) is 3.08. The van der Waals surface area contributed by atoms with E-state index in [4.69, 9.17) is 28.9 Å². The van der Waals surface area contributed by atoms with Gasteiger partial charge in [0.05, 0.1) is 21.9 Å². The number of carbonyl (C=O) groups excluding carboxylic acids is 1. The molecule has 0 saturated carbocycles. The van der Waals surface area contributed by atoms with Crippen molar-refractivity contribution in [3.05, 3.63) is 94.2 Å². The maximum atomic E-state index is 14.0. The molecular formula is C22H14Cl2F2N4O. The van der Waals surface area contributed by atoms with Gasteiger partial charge < -0.3 is 11.1 Å². The molecule has 0 aliphatic rings. The van der Waals surface area contributed by atoms with Crippen molar-refractivity contribution in [2.24, 2.45) is 5.73 Å². The molecule has 3 aromatic carbocycles. The van der Waals surface area contributed by atoms with Crippen molar-refractivity contribution < 1.29 is 13.6 Å². The minimum Gasteiger partial charge on any atom is -0.364 e. The first-order valence-corrected chi connectivity index (χ1v) is 9.75. The summed E-state index contributed by atoms with van der Waals surface area (Å²) < 4.78 is 28.8. The molecule has 1 heterocycles. The lowest BCUT2D eigenvalue weighted by Gasteiger charge is -2.08. The number of hydrogen-bond acceptors (Lipinski definition) is 3. The van der Waals surface area contributed by atoms with E-state index in [0.717, 1.165) is 18.2 Å². The number of nitrogens with two attached hydrogens (primary N) is 1. The van der Waals surface area contributed by atoms with Gasteiger partial charge in [0, 0.05) is 11.3 Å². The van der Waals surface area contributed by atoms with Gasteiger partial charge in [0.1, 0.15) is 17.3 Å². The zero-order chi connectivity index (χ0) is 22.1. The van der Waals surface area contributed by atoms with E-state index in [9.17, 15) is 13.6 Å². The van der Waals surface area contributed by atoms with Crippen LogP contribution in [0.4, 0.5) is 20.2 Å². The maximum Gasteiger partial charge on any atom is 0.271 e. The largest absolute Gasteiger partial charge is 0.364 e. The quantitative estimate of drug-likeness (QED) is 0.387. The number of nitrogens with zero attached hydrogens (tertiary/aromatic N) is 2. The van der Waals surface area contributed by atoms with Gasteiger partial charge in [-0.05, 0) is 48.0 Å². The van der Waals surface area contributed by atoms with Crippen LogP contribution in [0.2, 0.25) is 10.0 Å². The van der Waals surface area contributed by atoms with Gasteiger partial charge in [-0.2, -0.15) is 5.10 Å². The highest BCUT2D eigenvalue weighted by Gasteiger charge is 2.18. The molecule has 0 atom stereocenters. The smallest absolute Gasteiger partial charge is 0.271 e. The fourth-order valence-corrected chi connectivity index (χ4v) is 3.65. The van der Waals surface area contributed by atoms with Crippen molar-refractivity contribution >= 4 is 40.5 Å². The molecule has 0 bridgehead atoms. The molecule has 0 unspecified atom stereocenters. The number of amides is 1. The van der Waals surface area contributed by atoms with Crippen molar-refractivity contribution in [3.63, 3.8) is 0 Å². The van der Waals surface area contributed by atoms with Gasteiger partial charge in [-0.1, -0.05) is 41.4 Å². The zero-order valence-electron chi connectivity index (χ0n) is 15.7. The number of aromatic nitrogens is 2. The number of para-hydroxylation sites is 1. The zero-order valence-corrected chi connectivity index (χ0v) is 17.3. The first-order chi connectivity index (χ1) is 14.8. The number of anilines is 2. The number of benzene rings is 3. The third-order valence-electron chi connectivity index (χ3n) is 4.52. The van der Waals surface area contributed by atoms with Gasteiger partial charge in [-0.15, -0.1) is 0 Å². The minimum atomic E-state index is -0.747. The van der Waals surface area contributed by atoms with Crippen LogP contribution in [0.5, 0.6) is 0 Å². The summed E-state index contributed by atoms with van der Waals surface area (Å²) in [6, 6.07) is 14.8. The van der Waals surface area contributed by atoms with Crippen molar-refractivity contribution in [3.8, 4) is 16.8 Å². The summed E-state index contributed by atoms with van der Waals surface area (Å²) in [7, 11) is 0. The van der Waals surface area contributed by atoms with Gasteiger partial charge in [0.25, 0.3) is 5.91 Å². The second-order valence-electron chi connectivity index (χ2n) is 6.60. The van der Waals surface area contributed by atoms with E-state index in [1.807, 2.05) is 0 Å². The Balaban J connectivity index is 1.67. The average molecular weight is 459 g/mol. The maximum absolute atomic E-state index is 14.0. The average Bonchev–Trinajstić information content (AvgIpc) is 3.14. The Morgan fingerprint density at radius 3 is 2.32 bits per heavy atom. The lowest BCUT2D eigenvalue weighted by molar-refractivity contribution is 0.0996. The van der Waals surface area contributed by atoms with E-state index in [1.165, 1.54) is 10.9 Å². The van der Waals surface area contributed by atoms with Crippen molar-refractivity contribution in [2.45, 2.75) is 0 Å². The molecule has 4 rings (SSSR count). The Morgan fingerprint density at radius 1 is 1.00 bits per heavy atom. The Bertz CT molecular complexity index is 1270. The molecule has 0 aliphatic carbocycles. The van der Waals surface area contributed by atoms with E-state index in [1.54, 1.807) is 42.5 Å². The monoisotopic (exact) mass is 458 g/mol. The van der Waals surface area contributed by atoms with Crippen LogP contribution in [0.1, 0.15) is 10.5 Å². The molecule has 0 fully saturated rings. The van der Waals surface area contributed by atoms with Crippen LogP contribution in [0.25, 0.3) is 16.8 Å². The van der Waals surface area contributed by atoms with Crippen LogP contribution in [0.3, 0.4) is 0 Å². The number of halogens is 4. The van der Waals surface area contributed by atoms with Gasteiger partial charge >= 0.3 is 0 Å². The Morgan fingerprint density at radius 2 is 1.68 bits per heavy atom. The molecule has 4 aromatic rings. The molecule has 5 nitrogen and oxygen atoms in total.